The lowest BCUT2D eigenvalue weighted by Crippen LogP contribution is -2.49. The zero-order valence-electron chi connectivity index (χ0n) is 11.7. The molecule has 0 amide bonds. The van der Waals surface area contributed by atoms with E-state index in [0.29, 0.717) is 4.90 Å². The number of benzene rings is 1. The lowest BCUT2D eigenvalue weighted by atomic mass is 10.0. The highest BCUT2D eigenvalue weighted by atomic mass is 35.5. The predicted molar refractivity (Wildman–Crippen MR) is 74.0 cm³/mol. The molecule has 1 fully saturated rings. The molecule has 140 valence electrons. The van der Waals surface area contributed by atoms with Gasteiger partial charge in [-0.15, -0.1) is 24.8 Å². The van der Waals surface area contributed by atoms with E-state index in [0.717, 1.165) is 0 Å². The number of alkyl halides is 3. The van der Waals surface area contributed by atoms with E-state index < -0.39 is 46.9 Å². The van der Waals surface area contributed by atoms with Crippen molar-refractivity contribution in [3.63, 3.8) is 0 Å². The Hall–Kier alpha value is -0.840. The highest BCUT2D eigenvalue weighted by Crippen LogP contribution is 2.41. The van der Waals surface area contributed by atoms with Crippen molar-refractivity contribution in [1.82, 2.24) is 10.2 Å². The van der Waals surface area contributed by atoms with E-state index in [-0.39, 0.29) is 51.0 Å². The summed E-state index contributed by atoms with van der Waals surface area (Å²) in [4.78, 5) is 0.634. The molecular weight excluding hydrogens is 395 g/mol. The highest BCUT2D eigenvalue weighted by molar-refractivity contribution is 5.85. The van der Waals surface area contributed by atoms with Gasteiger partial charge in [-0.3, -0.25) is 4.90 Å². The third-order valence-corrected chi connectivity index (χ3v) is 3.34. The zero-order chi connectivity index (χ0) is 16.7. The standard InChI is InChI=1S/C12H10F8N2.2ClH/c13-6-5(7(14)9(16)10(17)8(6)15)11(12(18,19)20)22-3-1-21-2-4-22;;/h11,21H,1-4H2;2*1H/t11-;;/m0../s1. The van der Waals surface area contributed by atoms with Crippen LogP contribution < -0.4 is 5.32 Å². The van der Waals surface area contributed by atoms with E-state index in [9.17, 15) is 35.1 Å². The van der Waals surface area contributed by atoms with E-state index in [4.69, 9.17) is 0 Å². The molecule has 1 aromatic rings. The molecule has 24 heavy (non-hydrogen) atoms. The smallest absolute Gasteiger partial charge is 0.314 e. The average Bonchev–Trinajstić information content (AvgIpc) is 2.47. The summed E-state index contributed by atoms with van der Waals surface area (Å²) in [6.45, 7) is -0.294. The summed E-state index contributed by atoms with van der Waals surface area (Å²) in [6.07, 6.45) is -5.20. The lowest BCUT2D eigenvalue weighted by Gasteiger charge is -2.36. The van der Waals surface area contributed by atoms with Gasteiger partial charge in [-0.05, 0) is 0 Å². The Bertz CT molecular complexity index is 546. The summed E-state index contributed by atoms with van der Waals surface area (Å²) in [5, 5.41) is 2.73. The molecule has 0 spiro atoms. The van der Waals surface area contributed by atoms with Gasteiger partial charge < -0.3 is 5.32 Å². The molecule has 1 saturated heterocycles. The zero-order valence-corrected chi connectivity index (χ0v) is 13.3. The third kappa shape index (κ3) is 4.22. The maximum absolute atomic E-state index is 13.7. The molecule has 12 heteroatoms. The normalized spacial score (nSPS) is 17.0. The van der Waals surface area contributed by atoms with Gasteiger partial charge in [0.25, 0.3) is 0 Å². The molecule has 0 aromatic heterocycles. The second kappa shape index (κ2) is 8.50. The van der Waals surface area contributed by atoms with Crippen molar-refractivity contribution in [3.8, 4) is 0 Å². The van der Waals surface area contributed by atoms with Gasteiger partial charge in [0.2, 0.25) is 5.82 Å². The summed E-state index contributed by atoms with van der Waals surface area (Å²) in [5.74, 6) is -12.2. The highest BCUT2D eigenvalue weighted by Gasteiger charge is 2.49. The summed E-state index contributed by atoms with van der Waals surface area (Å²) in [6, 6.07) is -2.90. The maximum atomic E-state index is 13.7. The van der Waals surface area contributed by atoms with Gasteiger partial charge in [0.05, 0.1) is 5.56 Å². The number of halogens is 10. The van der Waals surface area contributed by atoms with Crippen LogP contribution in [0.3, 0.4) is 0 Å². The molecule has 2 nitrogen and oxygen atoms in total. The quantitative estimate of drug-likeness (QED) is 0.457. The van der Waals surface area contributed by atoms with Crippen LogP contribution in [0.5, 0.6) is 0 Å². The molecule has 0 unspecified atom stereocenters. The Balaban J connectivity index is 0.00000264. The van der Waals surface area contributed by atoms with Crippen LogP contribution in [0.1, 0.15) is 11.6 Å². The topological polar surface area (TPSA) is 15.3 Å². The van der Waals surface area contributed by atoms with Crippen LogP contribution in [0.4, 0.5) is 35.1 Å². The summed E-state index contributed by atoms with van der Waals surface area (Å²) < 4.78 is 106. The SMILES string of the molecule is Cl.Cl.Fc1c(F)c(F)c([C@H](N2CCNCC2)C(F)(F)F)c(F)c1F. The Labute approximate surface area is 144 Å². The molecular formula is C12H12Cl2F8N2. The first-order valence-corrected chi connectivity index (χ1v) is 6.19. The van der Waals surface area contributed by atoms with Gasteiger partial charge in [-0.1, -0.05) is 0 Å². The Morgan fingerprint density at radius 1 is 0.750 bits per heavy atom. The van der Waals surface area contributed by atoms with Crippen molar-refractivity contribution >= 4 is 24.8 Å². The van der Waals surface area contributed by atoms with Crippen LogP contribution in [0.15, 0.2) is 0 Å². The van der Waals surface area contributed by atoms with Gasteiger partial charge in [0.1, 0.15) is 6.04 Å². The van der Waals surface area contributed by atoms with E-state index in [2.05, 4.69) is 5.32 Å². The molecule has 1 aliphatic rings. The Morgan fingerprint density at radius 3 is 1.50 bits per heavy atom. The molecule has 0 aliphatic carbocycles. The molecule has 0 bridgehead atoms. The fraction of sp³-hybridized carbons (Fsp3) is 0.500. The third-order valence-electron chi connectivity index (χ3n) is 3.34. The molecule has 1 N–H and O–H groups in total. The molecule has 0 saturated carbocycles. The van der Waals surface area contributed by atoms with Gasteiger partial charge in [0, 0.05) is 26.2 Å². The Morgan fingerprint density at radius 2 is 1.12 bits per heavy atom. The van der Waals surface area contributed by atoms with E-state index >= 15 is 0 Å². The van der Waals surface area contributed by atoms with Crippen molar-refractivity contribution < 1.29 is 35.1 Å². The van der Waals surface area contributed by atoms with E-state index in [1.54, 1.807) is 0 Å². The van der Waals surface area contributed by atoms with E-state index in [1.165, 1.54) is 0 Å². The second-order valence-corrected chi connectivity index (χ2v) is 4.71. The van der Waals surface area contributed by atoms with E-state index in [1.807, 2.05) is 0 Å². The average molecular weight is 407 g/mol. The Kier molecular flexibility index (Phi) is 8.21. The minimum Gasteiger partial charge on any atom is -0.314 e. The number of rotatable bonds is 2. The summed E-state index contributed by atoms with van der Waals surface area (Å²) >= 11 is 0. The van der Waals surface area contributed by atoms with Crippen molar-refractivity contribution in [2.75, 3.05) is 26.2 Å². The van der Waals surface area contributed by atoms with Crippen LogP contribution >= 0.6 is 24.8 Å². The van der Waals surface area contributed by atoms with Gasteiger partial charge in [-0.25, -0.2) is 22.0 Å². The van der Waals surface area contributed by atoms with Crippen LogP contribution in [-0.2, 0) is 0 Å². The fourth-order valence-electron chi connectivity index (χ4n) is 2.36. The number of piperazine rings is 1. The molecule has 2 rings (SSSR count). The minimum absolute atomic E-state index is 0. The van der Waals surface area contributed by atoms with Crippen molar-refractivity contribution in [2.45, 2.75) is 12.2 Å². The summed E-state index contributed by atoms with van der Waals surface area (Å²) in [7, 11) is 0. The summed E-state index contributed by atoms with van der Waals surface area (Å²) in [5.41, 5.74) is -1.87. The van der Waals surface area contributed by atoms with Gasteiger partial charge in [-0.2, -0.15) is 13.2 Å². The molecule has 1 aromatic carbocycles. The maximum Gasteiger partial charge on any atom is 0.408 e. The number of hydrogen-bond donors (Lipinski definition) is 1. The largest absolute Gasteiger partial charge is 0.408 e. The lowest BCUT2D eigenvalue weighted by molar-refractivity contribution is -0.189. The number of hydrogen-bond acceptors (Lipinski definition) is 2. The van der Waals surface area contributed by atoms with Gasteiger partial charge >= 0.3 is 6.18 Å². The van der Waals surface area contributed by atoms with Crippen LogP contribution in [0, 0.1) is 29.1 Å². The first-order chi connectivity index (χ1) is 10.2. The molecule has 0 radical (unpaired) electrons. The van der Waals surface area contributed by atoms with Crippen molar-refractivity contribution in [3.05, 3.63) is 34.6 Å². The van der Waals surface area contributed by atoms with Crippen LogP contribution in [0.25, 0.3) is 0 Å². The number of nitrogens with one attached hydrogen (secondary N) is 1. The molecule has 1 aliphatic heterocycles. The first-order valence-electron chi connectivity index (χ1n) is 6.19. The molecule has 1 atom stereocenters. The molecule has 1 heterocycles. The van der Waals surface area contributed by atoms with Crippen molar-refractivity contribution in [2.24, 2.45) is 0 Å². The monoisotopic (exact) mass is 406 g/mol. The number of nitrogens with zero attached hydrogens (tertiary/aromatic N) is 1. The van der Waals surface area contributed by atoms with Gasteiger partial charge in [0.15, 0.2) is 23.3 Å². The first kappa shape index (κ1) is 23.2. The van der Waals surface area contributed by atoms with Crippen LogP contribution in [0.2, 0.25) is 0 Å². The van der Waals surface area contributed by atoms with Crippen LogP contribution in [-0.4, -0.2) is 37.3 Å². The minimum atomic E-state index is -5.20. The predicted octanol–water partition coefficient (Wildman–Crippen LogP) is 3.73. The second-order valence-electron chi connectivity index (χ2n) is 4.71. The fourth-order valence-corrected chi connectivity index (χ4v) is 2.36. The van der Waals surface area contributed by atoms with Crippen molar-refractivity contribution in [1.29, 1.82) is 0 Å².